The summed E-state index contributed by atoms with van der Waals surface area (Å²) in [5, 5.41) is 0.608. The van der Waals surface area contributed by atoms with Crippen LogP contribution < -0.4 is 5.43 Å². The fourth-order valence-electron chi connectivity index (χ4n) is 3.32. The highest BCUT2D eigenvalue weighted by atomic mass is 16.3. The van der Waals surface area contributed by atoms with Crippen molar-refractivity contribution in [3.05, 3.63) is 94.1 Å². The highest BCUT2D eigenvalue weighted by Crippen LogP contribution is 2.33. The maximum atomic E-state index is 13.3. The van der Waals surface area contributed by atoms with E-state index >= 15 is 0 Å². The van der Waals surface area contributed by atoms with E-state index in [2.05, 4.69) is 6.07 Å². The van der Waals surface area contributed by atoms with E-state index in [0.717, 1.165) is 22.3 Å². The highest BCUT2D eigenvalue weighted by Gasteiger charge is 2.18. The quantitative estimate of drug-likeness (QED) is 0.470. The number of aryl methyl sites for hydroxylation is 2. The minimum atomic E-state index is 0.00528. The van der Waals surface area contributed by atoms with Gasteiger partial charge in [-0.15, -0.1) is 0 Å². The summed E-state index contributed by atoms with van der Waals surface area (Å²) in [6, 6.07) is 23.4. The van der Waals surface area contributed by atoms with Gasteiger partial charge in [0.1, 0.15) is 11.3 Å². The van der Waals surface area contributed by atoms with E-state index in [9.17, 15) is 4.79 Å². The van der Waals surface area contributed by atoms with Crippen LogP contribution >= 0.6 is 0 Å². The van der Waals surface area contributed by atoms with Gasteiger partial charge in [0, 0.05) is 5.56 Å². The third kappa shape index (κ3) is 2.76. The zero-order valence-electron chi connectivity index (χ0n) is 14.2. The molecule has 0 radical (unpaired) electrons. The molecule has 0 unspecified atom stereocenters. The first kappa shape index (κ1) is 15.4. The van der Waals surface area contributed by atoms with E-state index in [0.29, 0.717) is 22.3 Å². The van der Waals surface area contributed by atoms with Crippen LogP contribution in [-0.4, -0.2) is 0 Å². The van der Waals surface area contributed by atoms with Crippen molar-refractivity contribution in [2.24, 2.45) is 0 Å². The summed E-state index contributed by atoms with van der Waals surface area (Å²) in [5.74, 6) is 0.620. The summed E-state index contributed by atoms with van der Waals surface area (Å²) in [6.07, 6.45) is 0. The predicted molar refractivity (Wildman–Crippen MR) is 103 cm³/mol. The topological polar surface area (TPSA) is 30.2 Å². The molecule has 2 heteroatoms. The third-order valence-electron chi connectivity index (χ3n) is 4.34. The summed E-state index contributed by atoms with van der Waals surface area (Å²) in [5.41, 5.74) is 5.29. The Kier molecular flexibility index (Phi) is 3.73. The minimum Gasteiger partial charge on any atom is -0.455 e. The van der Waals surface area contributed by atoms with E-state index in [1.54, 1.807) is 0 Å². The summed E-state index contributed by atoms with van der Waals surface area (Å²) >= 11 is 0. The van der Waals surface area contributed by atoms with Gasteiger partial charge in [0.05, 0.1) is 10.9 Å². The number of rotatable bonds is 2. The van der Waals surface area contributed by atoms with Crippen LogP contribution in [0.25, 0.3) is 33.4 Å². The lowest BCUT2D eigenvalue weighted by atomic mass is 9.96. The summed E-state index contributed by atoms with van der Waals surface area (Å²) in [4.78, 5) is 13.3. The van der Waals surface area contributed by atoms with Gasteiger partial charge in [0.15, 0.2) is 0 Å². The Labute approximate surface area is 146 Å². The zero-order valence-corrected chi connectivity index (χ0v) is 14.2. The lowest BCUT2D eigenvalue weighted by Crippen LogP contribution is -2.07. The number of hydrogen-bond acceptors (Lipinski definition) is 2. The SMILES string of the molecule is Cc1cc(C)cc(-c2c(-c3ccccc3)oc3ccccc3c2=O)c1. The molecule has 0 atom stereocenters. The molecule has 3 aromatic carbocycles. The van der Waals surface area contributed by atoms with Gasteiger partial charge in [-0.3, -0.25) is 4.79 Å². The molecule has 0 spiro atoms. The van der Waals surface area contributed by atoms with Crippen molar-refractivity contribution >= 4 is 11.0 Å². The van der Waals surface area contributed by atoms with Crippen molar-refractivity contribution in [1.82, 2.24) is 0 Å². The zero-order chi connectivity index (χ0) is 17.4. The van der Waals surface area contributed by atoms with Gasteiger partial charge in [0.2, 0.25) is 5.43 Å². The molecule has 0 saturated carbocycles. The molecular weight excluding hydrogens is 308 g/mol. The van der Waals surface area contributed by atoms with Crippen LogP contribution in [0.5, 0.6) is 0 Å². The molecule has 1 aromatic heterocycles. The van der Waals surface area contributed by atoms with E-state index in [1.165, 1.54) is 0 Å². The Hall–Kier alpha value is -3.13. The van der Waals surface area contributed by atoms with Gasteiger partial charge in [-0.25, -0.2) is 0 Å². The third-order valence-corrected chi connectivity index (χ3v) is 4.34. The average molecular weight is 326 g/mol. The van der Waals surface area contributed by atoms with Crippen molar-refractivity contribution in [3.8, 4) is 22.5 Å². The molecule has 0 saturated heterocycles. The van der Waals surface area contributed by atoms with E-state index in [1.807, 2.05) is 80.6 Å². The normalized spacial score (nSPS) is 11.0. The van der Waals surface area contributed by atoms with Crippen molar-refractivity contribution in [2.75, 3.05) is 0 Å². The van der Waals surface area contributed by atoms with Crippen LogP contribution in [0.2, 0.25) is 0 Å². The fraction of sp³-hybridized carbons (Fsp3) is 0.0870. The van der Waals surface area contributed by atoms with Crippen LogP contribution in [-0.2, 0) is 0 Å². The van der Waals surface area contributed by atoms with Crippen molar-refractivity contribution in [3.63, 3.8) is 0 Å². The first-order chi connectivity index (χ1) is 12.1. The van der Waals surface area contributed by atoms with Crippen LogP contribution in [0.3, 0.4) is 0 Å². The fourth-order valence-corrected chi connectivity index (χ4v) is 3.32. The number of hydrogen-bond donors (Lipinski definition) is 0. The standard InChI is InChI=1S/C23H18O2/c1-15-12-16(2)14-18(13-15)21-22(24)19-10-6-7-11-20(19)25-23(21)17-8-4-3-5-9-17/h3-14H,1-2H3. The average Bonchev–Trinajstić information content (AvgIpc) is 2.61. The largest absolute Gasteiger partial charge is 0.455 e. The van der Waals surface area contributed by atoms with Gasteiger partial charge in [-0.05, 0) is 31.5 Å². The molecule has 0 bridgehead atoms. The second kappa shape index (κ2) is 6.06. The molecule has 1 heterocycles. The summed E-state index contributed by atoms with van der Waals surface area (Å²) in [7, 11) is 0. The summed E-state index contributed by atoms with van der Waals surface area (Å²) < 4.78 is 6.19. The molecule has 2 nitrogen and oxygen atoms in total. The van der Waals surface area contributed by atoms with Gasteiger partial charge >= 0.3 is 0 Å². The second-order valence-corrected chi connectivity index (χ2v) is 6.37. The molecule has 0 aliphatic rings. The predicted octanol–water partition coefficient (Wildman–Crippen LogP) is 5.74. The lowest BCUT2D eigenvalue weighted by molar-refractivity contribution is 0.621. The smallest absolute Gasteiger partial charge is 0.201 e. The van der Waals surface area contributed by atoms with Crippen LogP contribution in [0.15, 0.2) is 82.0 Å². The van der Waals surface area contributed by atoms with E-state index in [-0.39, 0.29) is 5.43 Å². The Balaban J connectivity index is 2.14. The Morgan fingerprint density at radius 2 is 1.36 bits per heavy atom. The lowest BCUT2D eigenvalue weighted by Gasteiger charge is -2.12. The van der Waals surface area contributed by atoms with Gasteiger partial charge < -0.3 is 4.42 Å². The second-order valence-electron chi connectivity index (χ2n) is 6.37. The minimum absolute atomic E-state index is 0.00528. The van der Waals surface area contributed by atoms with Gasteiger partial charge in [0.25, 0.3) is 0 Å². The molecule has 0 aliphatic carbocycles. The molecule has 122 valence electrons. The Morgan fingerprint density at radius 1 is 0.720 bits per heavy atom. The molecule has 0 amide bonds. The molecule has 0 fully saturated rings. The van der Waals surface area contributed by atoms with Gasteiger partial charge in [-0.1, -0.05) is 71.8 Å². The number of fused-ring (bicyclic) bond motifs is 1. The molecular formula is C23H18O2. The van der Waals surface area contributed by atoms with Crippen LogP contribution in [0.4, 0.5) is 0 Å². The number of para-hydroxylation sites is 1. The maximum absolute atomic E-state index is 13.3. The monoisotopic (exact) mass is 326 g/mol. The van der Waals surface area contributed by atoms with Crippen molar-refractivity contribution in [1.29, 1.82) is 0 Å². The van der Waals surface area contributed by atoms with Crippen molar-refractivity contribution < 1.29 is 4.42 Å². The van der Waals surface area contributed by atoms with E-state index < -0.39 is 0 Å². The van der Waals surface area contributed by atoms with Crippen molar-refractivity contribution in [2.45, 2.75) is 13.8 Å². The first-order valence-corrected chi connectivity index (χ1v) is 8.33. The molecule has 25 heavy (non-hydrogen) atoms. The summed E-state index contributed by atoms with van der Waals surface area (Å²) in [6.45, 7) is 4.09. The molecule has 4 aromatic rings. The molecule has 0 aliphatic heterocycles. The van der Waals surface area contributed by atoms with Gasteiger partial charge in [-0.2, -0.15) is 0 Å². The van der Waals surface area contributed by atoms with Crippen LogP contribution in [0, 0.1) is 13.8 Å². The Morgan fingerprint density at radius 3 is 2.08 bits per heavy atom. The number of benzene rings is 3. The highest BCUT2D eigenvalue weighted by molar-refractivity contribution is 5.89. The molecule has 0 N–H and O–H groups in total. The Bertz CT molecular complexity index is 1100. The van der Waals surface area contributed by atoms with E-state index in [4.69, 9.17) is 4.42 Å². The van der Waals surface area contributed by atoms with Crippen LogP contribution in [0.1, 0.15) is 11.1 Å². The maximum Gasteiger partial charge on any atom is 0.201 e. The molecule has 4 rings (SSSR count). The first-order valence-electron chi connectivity index (χ1n) is 8.33.